The largest absolute Gasteiger partial charge is 0.496 e. The number of nitrogens with zero attached hydrogens (tertiary/aromatic N) is 4. The van der Waals surface area contributed by atoms with E-state index < -0.39 is 35.0 Å². The van der Waals surface area contributed by atoms with E-state index in [-0.39, 0.29) is 17.3 Å². The van der Waals surface area contributed by atoms with Gasteiger partial charge in [0, 0.05) is 18.8 Å². The van der Waals surface area contributed by atoms with Crippen molar-refractivity contribution in [3.8, 4) is 5.75 Å². The average Bonchev–Trinajstić information content (AvgIpc) is 3.24. The van der Waals surface area contributed by atoms with E-state index in [1.165, 1.54) is 30.1 Å². The molecule has 3 aromatic rings. The van der Waals surface area contributed by atoms with Crippen LogP contribution in [-0.2, 0) is 13.6 Å². The van der Waals surface area contributed by atoms with Gasteiger partial charge in [0.15, 0.2) is 5.69 Å². The third-order valence-electron chi connectivity index (χ3n) is 4.44. The number of aryl methyl sites for hydroxylation is 1. The summed E-state index contributed by atoms with van der Waals surface area (Å²) < 4.78 is 60.4. The van der Waals surface area contributed by atoms with Crippen LogP contribution in [0.2, 0.25) is 10.0 Å². The number of rotatable bonds is 8. The zero-order valence-corrected chi connectivity index (χ0v) is 18.2. The van der Waals surface area contributed by atoms with E-state index in [9.17, 15) is 22.4 Å². The van der Waals surface area contributed by atoms with Crippen LogP contribution in [0.15, 0.2) is 30.5 Å². The van der Waals surface area contributed by atoms with Gasteiger partial charge in [-0.3, -0.25) is 14.2 Å². The molecule has 0 aliphatic rings. The molecule has 2 aromatic heterocycles. The lowest BCUT2D eigenvalue weighted by molar-refractivity contribution is 0.104. The molecule has 3 rings (SSSR count). The first-order valence-electron chi connectivity index (χ1n) is 9.03. The van der Waals surface area contributed by atoms with Crippen molar-refractivity contribution < 1.29 is 27.1 Å². The summed E-state index contributed by atoms with van der Waals surface area (Å²) in [6, 6.07) is 4.73. The molecular weight excluding hydrogens is 475 g/mol. The zero-order valence-electron chi connectivity index (χ0n) is 16.7. The molecule has 0 radical (unpaired) electrons. The Morgan fingerprint density at radius 3 is 2.47 bits per heavy atom. The molecule has 6 nitrogen and oxygen atoms in total. The summed E-state index contributed by atoms with van der Waals surface area (Å²) in [6.45, 7) is -0.309. The first kappa shape index (κ1) is 23.8. The van der Waals surface area contributed by atoms with E-state index in [0.29, 0.717) is 16.9 Å². The van der Waals surface area contributed by atoms with Crippen LogP contribution in [0.5, 0.6) is 5.75 Å². The third-order valence-corrected chi connectivity index (χ3v) is 5.10. The van der Waals surface area contributed by atoms with Crippen LogP contribution in [-0.4, -0.2) is 32.5 Å². The normalized spacial score (nSPS) is 11.8. The Morgan fingerprint density at radius 2 is 1.91 bits per heavy atom. The highest BCUT2D eigenvalue weighted by Crippen LogP contribution is 2.35. The molecule has 0 N–H and O–H groups in total. The number of halogens is 6. The highest BCUT2D eigenvalue weighted by atomic mass is 35.5. The number of alkyl halides is 4. The maximum Gasteiger partial charge on any atom is 0.283 e. The van der Waals surface area contributed by atoms with E-state index in [0.717, 1.165) is 4.68 Å². The fourth-order valence-electron chi connectivity index (χ4n) is 3.01. The number of ether oxygens (including phenoxy) is 1. The van der Waals surface area contributed by atoms with Gasteiger partial charge < -0.3 is 4.74 Å². The third kappa shape index (κ3) is 4.97. The van der Waals surface area contributed by atoms with E-state index >= 15 is 0 Å². The fourth-order valence-corrected chi connectivity index (χ4v) is 3.58. The maximum absolute atomic E-state index is 13.4. The Morgan fingerprint density at radius 1 is 1.19 bits per heavy atom. The van der Waals surface area contributed by atoms with Crippen molar-refractivity contribution in [2.24, 2.45) is 7.05 Å². The van der Waals surface area contributed by atoms with Crippen molar-refractivity contribution in [2.75, 3.05) is 7.11 Å². The molecule has 0 bridgehead atoms. The number of carbonyl (C=O) groups is 1. The number of benzene rings is 1. The number of hydrogen-bond donors (Lipinski definition) is 0. The Labute approximate surface area is 190 Å². The summed E-state index contributed by atoms with van der Waals surface area (Å²) >= 11 is 11.7. The molecule has 0 spiro atoms. The minimum atomic E-state index is -3.11. The lowest BCUT2D eigenvalue weighted by Gasteiger charge is -2.12. The topological polar surface area (TPSA) is 61.9 Å². The molecule has 0 aliphatic heterocycles. The van der Waals surface area contributed by atoms with Crippen LogP contribution in [0.1, 0.15) is 45.9 Å². The van der Waals surface area contributed by atoms with Crippen molar-refractivity contribution >= 4 is 35.1 Å². The molecular formula is C20H16Cl2F4N4O2. The van der Waals surface area contributed by atoms with Crippen molar-refractivity contribution in [1.82, 2.24) is 19.6 Å². The number of carbonyl (C=O) groups excluding carboxylic acids is 1. The van der Waals surface area contributed by atoms with E-state index in [4.69, 9.17) is 27.9 Å². The molecule has 0 unspecified atom stereocenters. The summed E-state index contributed by atoms with van der Waals surface area (Å²) in [6.07, 6.45) is -2.01. The SMILES string of the molecule is COc1ccc(/C=C/C(=O)c2nn(C)cc2Cl)cc1Cn1nc(C(F)F)c(Cl)c1C(F)F. The highest BCUT2D eigenvalue weighted by Gasteiger charge is 2.28. The molecule has 1 aromatic carbocycles. The number of methoxy groups -OCH3 is 1. The second-order valence-corrected chi connectivity index (χ2v) is 7.40. The van der Waals surface area contributed by atoms with Gasteiger partial charge in [-0.2, -0.15) is 10.2 Å². The number of aromatic nitrogens is 4. The first-order chi connectivity index (χ1) is 15.1. The standard InChI is InChI=1S/C20H16Cl2F4N4O2/c1-29-9-12(21)16(27-29)13(31)5-3-10-4-6-14(32-2)11(7-10)8-30-18(20(25)26)15(22)17(28-30)19(23)24/h3-7,9,19-20H,8H2,1-2H3/b5-3+. The number of ketones is 1. The van der Waals surface area contributed by atoms with Gasteiger partial charge in [-0.05, 0) is 23.8 Å². The Bertz CT molecular complexity index is 1170. The minimum Gasteiger partial charge on any atom is -0.496 e. The molecule has 2 heterocycles. The molecule has 0 fully saturated rings. The smallest absolute Gasteiger partial charge is 0.283 e. The quantitative estimate of drug-likeness (QED) is 0.229. The van der Waals surface area contributed by atoms with Gasteiger partial charge in [-0.15, -0.1) is 0 Å². The van der Waals surface area contributed by atoms with Crippen molar-refractivity contribution in [2.45, 2.75) is 19.4 Å². The van der Waals surface area contributed by atoms with E-state index in [1.54, 1.807) is 25.2 Å². The van der Waals surface area contributed by atoms with Gasteiger partial charge >= 0.3 is 0 Å². The molecule has 170 valence electrons. The molecule has 0 amide bonds. The van der Waals surface area contributed by atoms with Crippen LogP contribution in [0.25, 0.3) is 6.08 Å². The van der Waals surface area contributed by atoms with Gasteiger partial charge in [0.25, 0.3) is 12.9 Å². The van der Waals surface area contributed by atoms with Gasteiger partial charge in [0.05, 0.1) is 23.7 Å². The first-order valence-corrected chi connectivity index (χ1v) is 9.78. The summed E-state index contributed by atoms with van der Waals surface area (Å²) in [5.41, 5.74) is -0.779. The van der Waals surface area contributed by atoms with Gasteiger partial charge in [-0.1, -0.05) is 35.3 Å². The van der Waals surface area contributed by atoms with Crippen molar-refractivity contribution in [3.63, 3.8) is 0 Å². The van der Waals surface area contributed by atoms with E-state index in [1.807, 2.05) is 0 Å². The average molecular weight is 491 g/mol. The monoisotopic (exact) mass is 490 g/mol. The second kappa shape index (κ2) is 9.74. The summed E-state index contributed by atoms with van der Waals surface area (Å²) in [5, 5.41) is 6.96. The molecule has 0 saturated carbocycles. The number of allylic oxidation sites excluding steroid dienone is 1. The van der Waals surface area contributed by atoms with Crippen LogP contribution in [0, 0.1) is 0 Å². The van der Waals surface area contributed by atoms with Crippen LogP contribution in [0.4, 0.5) is 17.6 Å². The molecule has 32 heavy (non-hydrogen) atoms. The van der Waals surface area contributed by atoms with Gasteiger partial charge in [0.1, 0.15) is 17.1 Å². The lowest BCUT2D eigenvalue weighted by Crippen LogP contribution is -2.08. The molecule has 0 atom stereocenters. The highest BCUT2D eigenvalue weighted by molar-refractivity contribution is 6.34. The van der Waals surface area contributed by atoms with Crippen LogP contribution >= 0.6 is 23.2 Å². The molecule has 12 heteroatoms. The predicted octanol–water partition coefficient (Wildman–Crippen LogP) is 5.75. The molecule has 0 aliphatic carbocycles. The van der Waals surface area contributed by atoms with Crippen LogP contribution < -0.4 is 4.74 Å². The second-order valence-electron chi connectivity index (χ2n) is 6.61. The van der Waals surface area contributed by atoms with E-state index in [2.05, 4.69) is 10.2 Å². The van der Waals surface area contributed by atoms with Crippen molar-refractivity contribution in [3.05, 3.63) is 68.7 Å². The van der Waals surface area contributed by atoms with Gasteiger partial charge in [-0.25, -0.2) is 17.6 Å². The Hall–Kier alpha value is -2.85. The fraction of sp³-hybridized carbons (Fsp3) is 0.250. The maximum atomic E-state index is 13.4. The zero-order chi connectivity index (χ0) is 23.6. The Kier molecular flexibility index (Phi) is 7.25. The summed E-state index contributed by atoms with van der Waals surface area (Å²) in [4.78, 5) is 12.3. The summed E-state index contributed by atoms with van der Waals surface area (Å²) in [7, 11) is 2.99. The number of hydrogen-bond acceptors (Lipinski definition) is 4. The minimum absolute atomic E-state index is 0.0754. The molecule has 0 saturated heterocycles. The van der Waals surface area contributed by atoms with Crippen LogP contribution in [0.3, 0.4) is 0 Å². The summed E-state index contributed by atoms with van der Waals surface area (Å²) in [5.74, 6) is -0.125. The van der Waals surface area contributed by atoms with Crippen molar-refractivity contribution in [1.29, 1.82) is 0 Å². The van der Waals surface area contributed by atoms with Gasteiger partial charge in [0.2, 0.25) is 5.78 Å². The lowest BCUT2D eigenvalue weighted by atomic mass is 10.1. The Balaban J connectivity index is 1.93. The predicted molar refractivity (Wildman–Crippen MR) is 111 cm³/mol.